The molecular formula is C13H12N4. The fourth-order valence-electron chi connectivity index (χ4n) is 2.24. The average molecular weight is 224 g/mol. The molecule has 1 aliphatic rings. The molecule has 1 aromatic carbocycles. The van der Waals surface area contributed by atoms with Crippen molar-refractivity contribution in [2.24, 2.45) is 7.05 Å². The van der Waals surface area contributed by atoms with Crippen LogP contribution >= 0.6 is 0 Å². The highest BCUT2D eigenvalue weighted by Gasteiger charge is 2.15. The van der Waals surface area contributed by atoms with Crippen LogP contribution in [-0.4, -0.2) is 16.3 Å². The van der Waals surface area contributed by atoms with Gasteiger partial charge in [-0.15, -0.1) is 0 Å². The van der Waals surface area contributed by atoms with E-state index in [4.69, 9.17) is 0 Å². The molecule has 17 heavy (non-hydrogen) atoms. The van der Waals surface area contributed by atoms with Crippen LogP contribution in [0.5, 0.6) is 0 Å². The molecule has 1 aliphatic heterocycles. The SMILES string of the molecule is Cn1cc(-c2cc3c(cc2C#N)CCN3)cn1. The van der Waals surface area contributed by atoms with Gasteiger partial charge in [-0.05, 0) is 24.1 Å². The largest absolute Gasteiger partial charge is 0.384 e. The zero-order chi connectivity index (χ0) is 11.8. The van der Waals surface area contributed by atoms with Crippen molar-refractivity contribution in [3.8, 4) is 17.2 Å². The summed E-state index contributed by atoms with van der Waals surface area (Å²) in [6.45, 7) is 0.955. The second-order valence-electron chi connectivity index (χ2n) is 4.25. The highest BCUT2D eigenvalue weighted by molar-refractivity contribution is 5.76. The molecule has 0 amide bonds. The molecule has 4 heteroatoms. The highest BCUT2D eigenvalue weighted by atomic mass is 15.2. The standard InChI is InChI=1S/C13H12N4/c1-17-8-11(7-16-17)12-5-13-9(2-3-15-13)4-10(12)6-14/h4-5,7-8,15H,2-3H2,1H3. The Morgan fingerprint density at radius 1 is 1.47 bits per heavy atom. The summed E-state index contributed by atoms with van der Waals surface area (Å²) < 4.78 is 1.75. The van der Waals surface area contributed by atoms with Crippen LogP contribution in [-0.2, 0) is 13.5 Å². The molecule has 0 atom stereocenters. The lowest BCUT2D eigenvalue weighted by Crippen LogP contribution is -1.91. The number of nitrogens with one attached hydrogen (secondary N) is 1. The normalized spacial score (nSPS) is 12.9. The first-order valence-electron chi connectivity index (χ1n) is 5.58. The van der Waals surface area contributed by atoms with Crippen LogP contribution < -0.4 is 5.32 Å². The van der Waals surface area contributed by atoms with Crippen molar-refractivity contribution in [3.05, 3.63) is 35.7 Å². The maximum Gasteiger partial charge on any atom is 0.0998 e. The zero-order valence-electron chi connectivity index (χ0n) is 9.57. The van der Waals surface area contributed by atoms with Crippen LogP contribution in [0.4, 0.5) is 5.69 Å². The third-order valence-electron chi connectivity index (χ3n) is 3.09. The number of hydrogen-bond acceptors (Lipinski definition) is 3. The molecule has 3 rings (SSSR count). The van der Waals surface area contributed by atoms with Crippen LogP contribution in [0.3, 0.4) is 0 Å². The minimum absolute atomic E-state index is 0.723. The monoisotopic (exact) mass is 224 g/mol. The number of nitriles is 1. The second kappa shape index (κ2) is 3.63. The summed E-state index contributed by atoms with van der Waals surface area (Å²) in [5, 5.41) is 16.7. The van der Waals surface area contributed by atoms with E-state index in [0.717, 1.165) is 35.3 Å². The summed E-state index contributed by atoms with van der Waals surface area (Å²) in [6.07, 6.45) is 4.71. The number of rotatable bonds is 1. The Bertz CT molecular complexity index is 619. The molecule has 0 saturated carbocycles. The van der Waals surface area contributed by atoms with Crippen molar-refractivity contribution in [2.45, 2.75) is 6.42 Å². The van der Waals surface area contributed by atoms with Crippen molar-refractivity contribution >= 4 is 5.69 Å². The maximum absolute atomic E-state index is 9.22. The third kappa shape index (κ3) is 1.56. The lowest BCUT2D eigenvalue weighted by molar-refractivity contribution is 0.768. The van der Waals surface area contributed by atoms with E-state index in [-0.39, 0.29) is 0 Å². The number of aryl methyl sites for hydroxylation is 1. The first-order valence-corrected chi connectivity index (χ1v) is 5.58. The van der Waals surface area contributed by atoms with Gasteiger partial charge in [-0.25, -0.2) is 0 Å². The number of nitrogens with zero attached hydrogens (tertiary/aromatic N) is 3. The summed E-state index contributed by atoms with van der Waals surface area (Å²) in [4.78, 5) is 0. The summed E-state index contributed by atoms with van der Waals surface area (Å²) in [5.74, 6) is 0. The number of fused-ring (bicyclic) bond motifs is 1. The van der Waals surface area contributed by atoms with Gasteiger partial charge in [0.1, 0.15) is 0 Å². The Kier molecular flexibility index (Phi) is 2.12. The predicted molar refractivity (Wildman–Crippen MR) is 65.6 cm³/mol. The van der Waals surface area contributed by atoms with Gasteiger partial charge in [-0.1, -0.05) is 0 Å². The van der Waals surface area contributed by atoms with Crippen molar-refractivity contribution in [1.29, 1.82) is 5.26 Å². The Balaban J connectivity index is 2.19. The lowest BCUT2D eigenvalue weighted by atomic mass is 9.99. The molecule has 1 aromatic heterocycles. The molecule has 2 heterocycles. The smallest absolute Gasteiger partial charge is 0.0998 e. The molecule has 0 spiro atoms. The Morgan fingerprint density at radius 2 is 2.35 bits per heavy atom. The first kappa shape index (κ1) is 9.91. The summed E-state index contributed by atoms with van der Waals surface area (Å²) in [5.41, 5.74) is 5.03. The minimum Gasteiger partial charge on any atom is -0.384 e. The summed E-state index contributed by atoms with van der Waals surface area (Å²) in [6, 6.07) is 6.31. The Morgan fingerprint density at radius 3 is 3.06 bits per heavy atom. The molecule has 0 radical (unpaired) electrons. The van der Waals surface area contributed by atoms with Crippen LogP contribution in [0.15, 0.2) is 24.5 Å². The van der Waals surface area contributed by atoms with E-state index in [1.807, 2.05) is 19.3 Å². The van der Waals surface area contributed by atoms with E-state index < -0.39 is 0 Å². The fourth-order valence-corrected chi connectivity index (χ4v) is 2.24. The van der Waals surface area contributed by atoms with Gasteiger partial charge >= 0.3 is 0 Å². The van der Waals surface area contributed by atoms with Crippen LogP contribution in [0, 0.1) is 11.3 Å². The van der Waals surface area contributed by atoms with Gasteiger partial charge in [0.2, 0.25) is 0 Å². The second-order valence-corrected chi connectivity index (χ2v) is 4.25. The predicted octanol–water partition coefficient (Wildman–Crippen LogP) is 1.93. The van der Waals surface area contributed by atoms with Gasteiger partial charge in [-0.3, -0.25) is 4.68 Å². The molecule has 84 valence electrons. The molecule has 0 aliphatic carbocycles. The molecule has 1 N–H and O–H groups in total. The summed E-state index contributed by atoms with van der Waals surface area (Å²) >= 11 is 0. The quantitative estimate of drug-likeness (QED) is 0.805. The third-order valence-corrected chi connectivity index (χ3v) is 3.09. The van der Waals surface area contributed by atoms with Gasteiger partial charge in [-0.2, -0.15) is 10.4 Å². The van der Waals surface area contributed by atoms with E-state index in [1.54, 1.807) is 10.9 Å². The van der Waals surface area contributed by atoms with E-state index in [0.29, 0.717) is 0 Å². The molecule has 0 unspecified atom stereocenters. The Hall–Kier alpha value is -2.28. The minimum atomic E-state index is 0.723. The summed E-state index contributed by atoms with van der Waals surface area (Å²) in [7, 11) is 1.88. The first-order chi connectivity index (χ1) is 8.28. The van der Waals surface area contributed by atoms with E-state index in [1.165, 1.54) is 5.56 Å². The Labute approximate surface area is 99.5 Å². The maximum atomic E-state index is 9.22. The number of anilines is 1. The van der Waals surface area contributed by atoms with Gasteiger partial charge in [0.15, 0.2) is 0 Å². The molecule has 0 fully saturated rings. The molecule has 4 nitrogen and oxygen atoms in total. The molecule has 2 aromatic rings. The van der Waals surface area contributed by atoms with Crippen molar-refractivity contribution in [1.82, 2.24) is 9.78 Å². The molecule has 0 saturated heterocycles. The van der Waals surface area contributed by atoms with Gasteiger partial charge in [0, 0.05) is 36.6 Å². The number of aromatic nitrogens is 2. The lowest BCUT2D eigenvalue weighted by Gasteiger charge is -2.05. The van der Waals surface area contributed by atoms with Crippen molar-refractivity contribution in [2.75, 3.05) is 11.9 Å². The zero-order valence-corrected chi connectivity index (χ0v) is 9.57. The average Bonchev–Trinajstić information content (AvgIpc) is 2.94. The molecular weight excluding hydrogens is 212 g/mol. The van der Waals surface area contributed by atoms with Crippen LogP contribution in [0.2, 0.25) is 0 Å². The van der Waals surface area contributed by atoms with Crippen LogP contribution in [0.25, 0.3) is 11.1 Å². The van der Waals surface area contributed by atoms with Gasteiger partial charge < -0.3 is 5.32 Å². The van der Waals surface area contributed by atoms with E-state index >= 15 is 0 Å². The van der Waals surface area contributed by atoms with Crippen molar-refractivity contribution < 1.29 is 0 Å². The van der Waals surface area contributed by atoms with E-state index in [2.05, 4.69) is 22.6 Å². The van der Waals surface area contributed by atoms with E-state index in [9.17, 15) is 5.26 Å². The van der Waals surface area contributed by atoms with Crippen molar-refractivity contribution in [3.63, 3.8) is 0 Å². The number of hydrogen-bond donors (Lipinski definition) is 1. The van der Waals surface area contributed by atoms with Gasteiger partial charge in [0.05, 0.1) is 17.8 Å². The fraction of sp³-hybridized carbons (Fsp3) is 0.231. The van der Waals surface area contributed by atoms with Gasteiger partial charge in [0.25, 0.3) is 0 Å². The highest BCUT2D eigenvalue weighted by Crippen LogP contribution is 2.31. The topological polar surface area (TPSA) is 53.6 Å². The number of benzene rings is 1. The van der Waals surface area contributed by atoms with Crippen LogP contribution in [0.1, 0.15) is 11.1 Å². The molecule has 0 bridgehead atoms.